The number of hydrogen-bond acceptors (Lipinski definition) is 6. The molecule has 10 heteroatoms. The van der Waals surface area contributed by atoms with E-state index in [1.165, 1.54) is 40.8 Å². The Morgan fingerprint density at radius 3 is 2.32 bits per heavy atom. The highest BCUT2D eigenvalue weighted by atomic mass is 35.5. The van der Waals surface area contributed by atoms with Crippen LogP contribution in [-0.2, 0) is 14.8 Å². The number of esters is 1. The zero-order valence-corrected chi connectivity index (χ0v) is 16.9. The van der Waals surface area contributed by atoms with Gasteiger partial charge in [0.25, 0.3) is 0 Å². The molecule has 3 rings (SSSR count). The molecule has 0 amide bonds. The number of hydrogen-bond donors (Lipinski definition) is 0. The number of pyridine rings is 1. The Balaban J connectivity index is 1.63. The Bertz CT molecular complexity index is 1000. The number of Topliss-reactive ketones (excluding diaryl/α,β-unsaturated/α-hetero) is 1. The van der Waals surface area contributed by atoms with Gasteiger partial charge in [-0.05, 0) is 43.2 Å². The Morgan fingerprint density at radius 2 is 1.71 bits per heavy atom. The van der Waals surface area contributed by atoms with Crippen LogP contribution in [0.1, 0.15) is 33.6 Å². The molecule has 0 unspecified atom stereocenters. The minimum Gasteiger partial charge on any atom is -0.454 e. The smallest absolute Gasteiger partial charge is 0.340 e. The van der Waals surface area contributed by atoms with Crippen molar-refractivity contribution in [1.82, 2.24) is 9.29 Å². The number of benzene rings is 1. The number of rotatable bonds is 6. The first kappa shape index (κ1) is 20.7. The highest BCUT2D eigenvalue weighted by molar-refractivity contribution is 7.89. The van der Waals surface area contributed by atoms with Crippen molar-refractivity contribution in [3.05, 3.63) is 57.8 Å². The molecule has 0 saturated carbocycles. The molecule has 148 valence electrons. The van der Waals surface area contributed by atoms with Crippen molar-refractivity contribution in [2.75, 3.05) is 19.7 Å². The van der Waals surface area contributed by atoms with Gasteiger partial charge in [0.1, 0.15) is 5.15 Å². The average Bonchev–Trinajstić information content (AvgIpc) is 3.24. The SMILES string of the molecule is O=C(COC(=O)c1cnc(Cl)c(Cl)c1)c1ccc(S(=O)(=O)N2CCCC2)cc1. The first-order valence-electron chi connectivity index (χ1n) is 8.40. The summed E-state index contributed by atoms with van der Waals surface area (Å²) in [4.78, 5) is 28.1. The summed E-state index contributed by atoms with van der Waals surface area (Å²) in [7, 11) is -3.54. The van der Waals surface area contributed by atoms with Gasteiger partial charge < -0.3 is 4.74 Å². The van der Waals surface area contributed by atoms with Crippen LogP contribution in [0.5, 0.6) is 0 Å². The van der Waals surface area contributed by atoms with Crippen LogP contribution in [0.15, 0.2) is 41.4 Å². The van der Waals surface area contributed by atoms with Crippen LogP contribution in [0.4, 0.5) is 0 Å². The maximum absolute atomic E-state index is 12.5. The Morgan fingerprint density at radius 1 is 1.07 bits per heavy atom. The van der Waals surface area contributed by atoms with Gasteiger partial charge in [0, 0.05) is 24.8 Å². The molecule has 0 bridgehead atoms. The fourth-order valence-corrected chi connectivity index (χ4v) is 4.51. The summed E-state index contributed by atoms with van der Waals surface area (Å²) >= 11 is 11.5. The van der Waals surface area contributed by atoms with Gasteiger partial charge in [-0.3, -0.25) is 4.79 Å². The van der Waals surface area contributed by atoms with Crippen molar-refractivity contribution < 1.29 is 22.7 Å². The van der Waals surface area contributed by atoms with Gasteiger partial charge in [0.2, 0.25) is 10.0 Å². The minimum atomic E-state index is -3.54. The van der Waals surface area contributed by atoms with Crippen molar-refractivity contribution in [3.8, 4) is 0 Å². The normalized spacial score (nSPS) is 14.8. The molecule has 2 heterocycles. The van der Waals surface area contributed by atoms with Crippen LogP contribution in [0.25, 0.3) is 0 Å². The lowest BCUT2D eigenvalue weighted by Crippen LogP contribution is -2.27. The Kier molecular flexibility index (Phi) is 6.34. The van der Waals surface area contributed by atoms with Crippen LogP contribution in [0.3, 0.4) is 0 Å². The second-order valence-electron chi connectivity index (χ2n) is 6.13. The van der Waals surface area contributed by atoms with Gasteiger partial charge >= 0.3 is 5.97 Å². The van der Waals surface area contributed by atoms with E-state index in [-0.39, 0.29) is 26.2 Å². The number of sulfonamides is 1. The Hall–Kier alpha value is -2.00. The first-order valence-corrected chi connectivity index (χ1v) is 10.6. The third-order valence-corrected chi connectivity index (χ3v) is 6.84. The molecule has 0 aliphatic carbocycles. The standard InChI is InChI=1S/C18H16Cl2N2O5S/c19-15-9-13(10-21-17(15)20)18(24)27-11-16(23)12-3-5-14(6-4-12)28(25,26)22-7-1-2-8-22/h3-6,9-10H,1-2,7-8,11H2. The molecule has 28 heavy (non-hydrogen) atoms. The molecule has 1 aromatic heterocycles. The number of carbonyl (C=O) groups excluding carboxylic acids is 2. The monoisotopic (exact) mass is 442 g/mol. The number of ketones is 1. The topological polar surface area (TPSA) is 93.6 Å². The number of halogens is 2. The van der Waals surface area contributed by atoms with Crippen molar-refractivity contribution in [2.45, 2.75) is 17.7 Å². The van der Waals surface area contributed by atoms with Gasteiger partial charge in [-0.25, -0.2) is 18.2 Å². The summed E-state index contributed by atoms with van der Waals surface area (Å²) in [5.41, 5.74) is 0.301. The van der Waals surface area contributed by atoms with Crippen LogP contribution < -0.4 is 0 Å². The summed E-state index contributed by atoms with van der Waals surface area (Å²) in [6.45, 7) is 0.502. The van der Waals surface area contributed by atoms with E-state index < -0.39 is 28.4 Å². The third-order valence-electron chi connectivity index (χ3n) is 4.25. The molecule has 2 aromatic rings. The van der Waals surface area contributed by atoms with Gasteiger partial charge in [0.05, 0.1) is 15.5 Å². The number of nitrogens with zero attached hydrogens (tertiary/aromatic N) is 2. The summed E-state index contributed by atoms with van der Waals surface area (Å²) in [6.07, 6.45) is 2.88. The van der Waals surface area contributed by atoms with E-state index in [0.29, 0.717) is 13.1 Å². The average molecular weight is 443 g/mol. The van der Waals surface area contributed by atoms with Crippen LogP contribution in [-0.4, -0.2) is 49.2 Å². The second kappa shape index (κ2) is 8.57. The molecular weight excluding hydrogens is 427 g/mol. The van der Waals surface area contributed by atoms with Gasteiger partial charge in [-0.15, -0.1) is 0 Å². The fraction of sp³-hybridized carbons (Fsp3) is 0.278. The minimum absolute atomic E-state index is 0.0539. The van der Waals surface area contributed by atoms with Gasteiger partial charge in [0.15, 0.2) is 12.4 Å². The predicted octanol–water partition coefficient (Wildman–Crippen LogP) is 3.21. The lowest BCUT2D eigenvalue weighted by molar-refractivity contribution is 0.0474. The van der Waals surface area contributed by atoms with Crippen molar-refractivity contribution in [1.29, 1.82) is 0 Å². The number of ether oxygens (including phenoxy) is 1. The molecular formula is C18H16Cl2N2O5S. The summed E-state index contributed by atoms with van der Waals surface area (Å²) in [5.74, 6) is -1.24. The molecule has 1 saturated heterocycles. The molecule has 0 radical (unpaired) electrons. The van der Waals surface area contributed by atoms with E-state index in [4.69, 9.17) is 27.9 Å². The van der Waals surface area contributed by atoms with E-state index >= 15 is 0 Å². The maximum atomic E-state index is 12.5. The summed E-state index contributed by atoms with van der Waals surface area (Å²) < 4.78 is 31.4. The highest BCUT2D eigenvalue weighted by Crippen LogP contribution is 2.22. The molecule has 7 nitrogen and oxygen atoms in total. The zero-order chi connectivity index (χ0) is 20.3. The van der Waals surface area contributed by atoms with E-state index in [1.807, 2.05) is 0 Å². The molecule has 0 spiro atoms. The van der Waals surface area contributed by atoms with Crippen LogP contribution in [0, 0.1) is 0 Å². The second-order valence-corrected chi connectivity index (χ2v) is 8.83. The molecule has 1 aromatic carbocycles. The number of aromatic nitrogens is 1. The van der Waals surface area contributed by atoms with Gasteiger partial charge in [-0.2, -0.15) is 4.31 Å². The third kappa shape index (κ3) is 4.52. The van der Waals surface area contributed by atoms with E-state index in [9.17, 15) is 18.0 Å². The molecule has 0 N–H and O–H groups in total. The molecule has 1 aliphatic rings. The lowest BCUT2D eigenvalue weighted by atomic mass is 10.1. The van der Waals surface area contributed by atoms with E-state index in [0.717, 1.165) is 12.8 Å². The quantitative estimate of drug-likeness (QED) is 0.387. The number of carbonyl (C=O) groups is 2. The summed E-state index contributed by atoms with van der Waals surface area (Å²) in [5, 5.41) is 0.149. The van der Waals surface area contributed by atoms with Crippen molar-refractivity contribution in [3.63, 3.8) is 0 Å². The molecule has 1 aliphatic heterocycles. The van der Waals surface area contributed by atoms with E-state index in [1.54, 1.807) is 0 Å². The largest absolute Gasteiger partial charge is 0.454 e. The first-order chi connectivity index (χ1) is 13.3. The zero-order valence-electron chi connectivity index (χ0n) is 14.6. The van der Waals surface area contributed by atoms with Gasteiger partial charge in [-0.1, -0.05) is 23.2 Å². The summed E-state index contributed by atoms with van der Waals surface area (Å²) in [6, 6.07) is 6.86. The van der Waals surface area contributed by atoms with E-state index in [2.05, 4.69) is 4.98 Å². The lowest BCUT2D eigenvalue weighted by Gasteiger charge is -2.15. The predicted molar refractivity (Wildman–Crippen MR) is 103 cm³/mol. The van der Waals surface area contributed by atoms with Crippen molar-refractivity contribution >= 4 is 45.0 Å². The highest BCUT2D eigenvalue weighted by Gasteiger charge is 2.27. The molecule has 0 atom stereocenters. The maximum Gasteiger partial charge on any atom is 0.340 e. The Labute approximate surface area is 172 Å². The molecule has 1 fully saturated rings. The van der Waals surface area contributed by atoms with Crippen LogP contribution >= 0.6 is 23.2 Å². The van der Waals surface area contributed by atoms with Crippen LogP contribution in [0.2, 0.25) is 10.2 Å². The fourth-order valence-electron chi connectivity index (χ4n) is 2.72. The van der Waals surface area contributed by atoms with Crippen molar-refractivity contribution in [2.24, 2.45) is 0 Å².